The van der Waals surface area contributed by atoms with Crippen LogP contribution in [0.1, 0.15) is 43.7 Å². The Kier molecular flexibility index (Phi) is 6.09. The number of carbonyl (C=O) groups is 1. The van der Waals surface area contributed by atoms with Crippen molar-refractivity contribution in [3.8, 4) is 0 Å². The minimum atomic E-state index is -0.653. The van der Waals surface area contributed by atoms with E-state index in [1.54, 1.807) is 41.3 Å². The van der Waals surface area contributed by atoms with Gasteiger partial charge in [0.2, 0.25) is 0 Å². The number of hydrogen-bond donors (Lipinski definition) is 1. The molecule has 2 saturated heterocycles. The molecule has 1 unspecified atom stereocenters. The van der Waals surface area contributed by atoms with E-state index in [0.29, 0.717) is 17.8 Å². The number of para-hydroxylation sites is 1. The molecule has 0 aromatic heterocycles. The molecule has 29 heavy (non-hydrogen) atoms. The second kappa shape index (κ2) is 8.91. The van der Waals surface area contributed by atoms with Gasteiger partial charge in [-0.05, 0) is 43.9 Å². The minimum absolute atomic E-state index is 0.110. The molecule has 2 heterocycles. The lowest BCUT2D eigenvalue weighted by atomic mass is 10.0. The Labute approximate surface area is 170 Å². The van der Waals surface area contributed by atoms with Crippen LogP contribution in [0, 0.1) is 11.6 Å². The molecular weight excluding hydrogens is 372 g/mol. The summed E-state index contributed by atoms with van der Waals surface area (Å²) in [6.45, 7) is 2.16. The van der Waals surface area contributed by atoms with Gasteiger partial charge in [0.25, 0.3) is 5.91 Å². The van der Waals surface area contributed by atoms with Crippen molar-refractivity contribution in [1.82, 2.24) is 9.80 Å². The fourth-order valence-corrected chi connectivity index (χ4v) is 4.47. The number of carbonyl (C=O) groups excluding carboxylic acids is 1. The number of rotatable bonds is 5. The summed E-state index contributed by atoms with van der Waals surface area (Å²) in [6, 6.07) is 12.8. The van der Waals surface area contributed by atoms with Crippen molar-refractivity contribution in [2.75, 3.05) is 25.0 Å². The number of benzene rings is 2. The predicted molar refractivity (Wildman–Crippen MR) is 109 cm³/mol. The summed E-state index contributed by atoms with van der Waals surface area (Å²) in [4.78, 5) is 17.5. The maximum atomic E-state index is 14.4. The Hall–Kier alpha value is -2.47. The fraction of sp³-hybridized carbons (Fsp3) is 0.435. The van der Waals surface area contributed by atoms with Gasteiger partial charge in [0.1, 0.15) is 11.6 Å². The highest BCUT2D eigenvalue weighted by molar-refractivity contribution is 5.85. The number of halogens is 2. The molecule has 1 amide bonds. The largest absolute Gasteiger partial charge is 0.359 e. The van der Waals surface area contributed by atoms with E-state index in [2.05, 4.69) is 10.2 Å². The Morgan fingerprint density at radius 1 is 0.897 bits per heavy atom. The van der Waals surface area contributed by atoms with Crippen molar-refractivity contribution < 1.29 is 13.6 Å². The van der Waals surface area contributed by atoms with Crippen LogP contribution in [0.2, 0.25) is 0 Å². The van der Waals surface area contributed by atoms with Crippen molar-refractivity contribution in [1.29, 1.82) is 0 Å². The first kappa shape index (κ1) is 19.8. The molecule has 2 aromatic carbocycles. The van der Waals surface area contributed by atoms with Crippen LogP contribution in [0.3, 0.4) is 0 Å². The summed E-state index contributed by atoms with van der Waals surface area (Å²) in [5.74, 6) is -0.774. The highest BCUT2D eigenvalue weighted by Gasteiger charge is 2.38. The lowest BCUT2D eigenvalue weighted by Crippen LogP contribution is -2.54. The third-order valence-electron chi connectivity index (χ3n) is 5.96. The molecule has 2 aliphatic rings. The number of piperidine rings is 1. The van der Waals surface area contributed by atoms with Crippen molar-refractivity contribution >= 4 is 11.6 Å². The minimum Gasteiger partial charge on any atom is -0.359 e. The topological polar surface area (TPSA) is 35.6 Å². The number of anilines is 1. The zero-order chi connectivity index (χ0) is 20.2. The summed E-state index contributed by atoms with van der Waals surface area (Å²) in [5, 5.41) is 3.15. The van der Waals surface area contributed by atoms with E-state index in [1.807, 2.05) is 0 Å². The summed E-state index contributed by atoms with van der Waals surface area (Å²) >= 11 is 0. The zero-order valence-electron chi connectivity index (χ0n) is 16.5. The monoisotopic (exact) mass is 399 g/mol. The standard InChI is InChI=1S/C23H27F2N3O/c24-18-10-3-2-9-17(18)21-13-8-16-28(21)23(29)22(27-14-6-1-7-15-27)26-20-12-5-4-11-19(20)25/h2-5,9-12,21-22,26H,1,6-8,13-16H2/t21-,22?/m0/s1. The Morgan fingerprint density at radius 2 is 1.59 bits per heavy atom. The lowest BCUT2D eigenvalue weighted by molar-refractivity contribution is -0.137. The molecule has 0 bridgehead atoms. The zero-order valence-corrected chi connectivity index (χ0v) is 16.5. The quantitative estimate of drug-likeness (QED) is 0.801. The van der Waals surface area contributed by atoms with Crippen LogP contribution in [0.15, 0.2) is 48.5 Å². The van der Waals surface area contributed by atoms with E-state index in [-0.39, 0.29) is 23.6 Å². The highest BCUT2D eigenvalue weighted by atomic mass is 19.1. The molecule has 2 fully saturated rings. The Balaban J connectivity index is 1.61. The van der Waals surface area contributed by atoms with Crippen LogP contribution in [-0.2, 0) is 4.79 Å². The first-order chi connectivity index (χ1) is 14.1. The molecule has 2 atom stereocenters. The van der Waals surface area contributed by atoms with Gasteiger partial charge in [0.05, 0.1) is 11.7 Å². The number of likely N-dealkylation sites (tertiary alicyclic amines) is 2. The van der Waals surface area contributed by atoms with Crippen LogP contribution < -0.4 is 5.32 Å². The molecule has 0 radical (unpaired) electrons. The van der Waals surface area contributed by atoms with Crippen molar-refractivity contribution in [3.05, 3.63) is 65.7 Å². The Morgan fingerprint density at radius 3 is 2.31 bits per heavy atom. The van der Waals surface area contributed by atoms with Gasteiger partial charge in [-0.1, -0.05) is 36.8 Å². The SMILES string of the molecule is O=C(C(Nc1ccccc1F)N1CCCCC1)N1CCC[C@H]1c1ccccc1F. The first-order valence-electron chi connectivity index (χ1n) is 10.4. The van der Waals surface area contributed by atoms with E-state index in [1.165, 1.54) is 12.1 Å². The number of amides is 1. The van der Waals surface area contributed by atoms with Gasteiger partial charge in [0, 0.05) is 25.2 Å². The van der Waals surface area contributed by atoms with E-state index >= 15 is 0 Å². The summed E-state index contributed by atoms with van der Waals surface area (Å²) in [6.07, 6.45) is 4.08. The van der Waals surface area contributed by atoms with E-state index in [9.17, 15) is 13.6 Å². The number of nitrogens with one attached hydrogen (secondary N) is 1. The van der Waals surface area contributed by atoms with Crippen LogP contribution >= 0.6 is 0 Å². The molecule has 4 nitrogen and oxygen atoms in total. The number of nitrogens with zero attached hydrogens (tertiary/aromatic N) is 2. The Bertz CT molecular complexity index is 854. The van der Waals surface area contributed by atoms with E-state index in [4.69, 9.17) is 0 Å². The van der Waals surface area contributed by atoms with Gasteiger partial charge in [-0.15, -0.1) is 0 Å². The molecule has 1 N–H and O–H groups in total. The fourth-order valence-electron chi connectivity index (χ4n) is 4.47. The van der Waals surface area contributed by atoms with Gasteiger partial charge in [0.15, 0.2) is 6.17 Å². The molecule has 4 rings (SSSR count). The third kappa shape index (κ3) is 4.27. The molecule has 0 aliphatic carbocycles. The van der Waals surface area contributed by atoms with E-state index < -0.39 is 6.17 Å². The van der Waals surface area contributed by atoms with Crippen molar-refractivity contribution in [2.45, 2.75) is 44.3 Å². The van der Waals surface area contributed by atoms with Crippen molar-refractivity contribution in [2.24, 2.45) is 0 Å². The average Bonchev–Trinajstić information content (AvgIpc) is 3.23. The first-order valence-corrected chi connectivity index (χ1v) is 10.4. The molecule has 2 aromatic rings. The molecule has 2 aliphatic heterocycles. The highest BCUT2D eigenvalue weighted by Crippen LogP contribution is 2.34. The molecule has 0 saturated carbocycles. The average molecular weight is 399 g/mol. The maximum absolute atomic E-state index is 14.4. The lowest BCUT2D eigenvalue weighted by Gasteiger charge is -2.38. The van der Waals surface area contributed by atoms with Crippen LogP contribution in [-0.4, -0.2) is 41.5 Å². The number of hydrogen-bond acceptors (Lipinski definition) is 3. The maximum Gasteiger partial charge on any atom is 0.260 e. The smallest absolute Gasteiger partial charge is 0.260 e. The molecule has 0 spiro atoms. The second-order valence-electron chi connectivity index (χ2n) is 7.83. The van der Waals surface area contributed by atoms with Gasteiger partial charge < -0.3 is 10.2 Å². The normalized spacial score (nSPS) is 21.2. The summed E-state index contributed by atoms with van der Waals surface area (Å²) in [7, 11) is 0. The predicted octanol–water partition coefficient (Wildman–Crippen LogP) is 4.55. The summed E-state index contributed by atoms with van der Waals surface area (Å²) in [5.41, 5.74) is 0.875. The molecule has 6 heteroatoms. The van der Waals surface area contributed by atoms with Gasteiger partial charge in [-0.25, -0.2) is 8.78 Å². The van der Waals surface area contributed by atoms with Crippen LogP contribution in [0.25, 0.3) is 0 Å². The third-order valence-corrected chi connectivity index (χ3v) is 5.96. The molecular formula is C23H27F2N3O. The molecule has 154 valence electrons. The van der Waals surface area contributed by atoms with Crippen molar-refractivity contribution in [3.63, 3.8) is 0 Å². The van der Waals surface area contributed by atoms with Gasteiger partial charge >= 0.3 is 0 Å². The summed E-state index contributed by atoms with van der Waals surface area (Å²) < 4.78 is 28.7. The van der Waals surface area contributed by atoms with E-state index in [0.717, 1.165) is 45.2 Å². The second-order valence-corrected chi connectivity index (χ2v) is 7.83. The van der Waals surface area contributed by atoms with Gasteiger partial charge in [-0.2, -0.15) is 0 Å². The van der Waals surface area contributed by atoms with Crippen LogP contribution in [0.5, 0.6) is 0 Å². The van der Waals surface area contributed by atoms with Gasteiger partial charge in [-0.3, -0.25) is 9.69 Å². The van der Waals surface area contributed by atoms with Crippen LogP contribution in [0.4, 0.5) is 14.5 Å².